The summed E-state index contributed by atoms with van der Waals surface area (Å²) >= 11 is 0. The fraction of sp³-hybridized carbons (Fsp3) is 0.300. The van der Waals surface area contributed by atoms with E-state index in [0.717, 1.165) is 6.29 Å². The molecule has 0 aromatic heterocycles. The molecular formula is C10H11FO2. The van der Waals surface area contributed by atoms with Crippen LogP contribution in [-0.4, -0.2) is 11.4 Å². The second-order valence-electron chi connectivity index (χ2n) is 2.81. The lowest BCUT2D eigenvalue weighted by molar-refractivity contribution is -0.108. The first-order chi connectivity index (χ1) is 6.24. The molecule has 0 radical (unpaired) electrons. The molecule has 0 heterocycles. The number of benzene rings is 1. The van der Waals surface area contributed by atoms with Crippen molar-refractivity contribution in [1.82, 2.24) is 0 Å². The van der Waals surface area contributed by atoms with E-state index >= 15 is 0 Å². The predicted octanol–water partition coefficient (Wildman–Crippen LogP) is 1.84. The molecule has 1 atom stereocenters. The van der Waals surface area contributed by atoms with E-state index in [4.69, 9.17) is 0 Å². The summed E-state index contributed by atoms with van der Waals surface area (Å²) in [4.78, 5) is 10.0. The molecule has 0 aliphatic carbocycles. The van der Waals surface area contributed by atoms with Crippen molar-refractivity contribution in [2.45, 2.75) is 18.9 Å². The molecule has 0 fully saturated rings. The van der Waals surface area contributed by atoms with Gasteiger partial charge in [-0.05, 0) is 24.1 Å². The van der Waals surface area contributed by atoms with Gasteiger partial charge in [-0.1, -0.05) is 12.1 Å². The highest BCUT2D eigenvalue weighted by Crippen LogP contribution is 2.17. The topological polar surface area (TPSA) is 37.3 Å². The Morgan fingerprint density at radius 3 is 2.54 bits per heavy atom. The Hall–Kier alpha value is -1.22. The highest BCUT2D eigenvalue weighted by Gasteiger charge is 2.06. The summed E-state index contributed by atoms with van der Waals surface area (Å²) in [7, 11) is 0. The van der Waals surface area contributed by atoms with E-state index in [1.54, 1.807) is 0 Å². The highest BCUT2D eigenvalue weighted by atomic mass is 19.1. The minimum Gasteiger partial charge on any atom is -0.388 e. The Bertz CT molecular complexity index is 269. The van der Waals surface area contributed by atoms with E-state index in [0.29, 0.717) is 18.4 Å². The lowest BCUT2D eigenvalue weighted by Gasteiger charge is -2.08. The zero-order valence-corrected chi connectivity index (χ0v) is 7.11. The van der Waals surface area contributed by atoms with Gasteiger partial charge in [0.25, 0.3) is 0 Å². The highest BCUT2D eigenvalue weighted by molar-refractivity contribution is 5.49. The van der Waals surface area contributed by atoms with Crippen LogP contribution < -0.4 is 0 Å². The van der Waals surface area contributed by atoms with Crippen molar-refractivity contribution >= 4 is 6.29 Å². The van der Waals surface area contributed by atoms with E-state index in [2.05, 4.69) is 0 Å². The van der Waals surface area contributed by atoms with Crippen LogP contribution >= 0.6 is 0 Å². The van der Waals surface area contributed by atoms with E-state index in [1.807, 2.05) is 0 Å². The SMILES string of the molecule is O=CCCC(O)c1ccc(F)cc1. The lowest BCUT2D eigenvalue weighted by Crippen LogP contribution is -1.97. The summed E-state index contributed by atoms with van der Waals surface area (Å²) in [6.07, 6.45) is 0.784. The molecule has 1 unspecified atom stereocenters. The van der Waals surface area contributed by atoms with Crippen molar-refractivity contribution in [3.8, 4) is 0 Å². The molecule has 0 saturated heterocycles. The Morgan fingerprint density at radius 1 is 1.38 bits per heavy atom. The van der Waals surface area contributed by atoms with Crippen LogP contribution in [0.25, 0.3) is 0 Å². The van der Waals surface area contributed by atoms with Crippen LogP contribution in [0.2, 0.25) is 0 Å². The summed E-state index contributed by atoms with van der Waals surface area (Å²) in [5.74, 6) is -0.327. The standard InChI is InChI=1S/C10H11FO2/c11-9-5-3-8(4-6-9)10(13)2-1-7-12/h3-7,10,13H,1-2H2. The van der Waals surface area contributed by atoms with Gasteiger partial charge in [-0.2, -0.15) is 0 Å². The molecule has 70 valence electrons. The molecule has 0 amide bonds. The lowest BCUT2D eigenvalue weighted by atomic mass is 10.1. The van der Waals surface area contributed by atoms with Crippen molar-refractivity contribution in [2.75, 3.05) is 0 Å². The average Bonchev–Trinajstić information content (AvgIpc) is 2.15. The first kappa shape index (κ1) is 9.86. The van der Waals surface area contributed by atoms with Crippen LogP contribution in [0.15, 0.2) is 24.3 Å². The van der Waals surface area contributed by atoms with Gasteiger partial charge in [0.1, 0.15) is 12.1 Å². The molecule has 0 aliphatic heterocycles. The Morgan fingerprint density at radius 2 is 2.00 bits per heavy atom. The number of hydrogen-bond acceptors (Lipinski definition) is 2. The fourth-order valence-corrected chi connectivity index (χ4v) is 1.08. The van der Waals surface area contributed by atoms with Crippen LogP contribution in [0.5, 0.6) is 0 Å². The number of aliphatic hydroxyl groups excluding tert-OH is 1. The molecule has 3 heteroatoms. The Balaban J connectivity index is 2.60. The molecule has 13 heavy (non-hydrogen) atoms. The fourth-order valence-electron chi connectivity index (χ4n) is 1.08. The Kier molecular flexibility index (Phi) is 3.58. The second-order valence-corrected chi connectivity index (χ2v) is 2.81. The normalized spacial score (nSPS) is 12.5. The number of rotatable bonds is 4. The van der Waals surface area contributed by atoms with Gasteiger partial charge in [-0.15, -0.1) is 0 Å². The molecule has 1 rings (SSSR count). The summed E-state index contributed by atoms with van der Waals surface area (Å²) < 4.78 is 12.5. The third-order valence-corrected chi connectivity index (χ3v) is 1.81. The van der Waals surface area contributed by atoms with Gasteiger partial charge < -0.3 is 9.90 Å². The zero-order chi connectivity index (χ0) is 9.68. The third-order valence-electron chi connectivity index (χ3n) is 1.81. The monoisotopic (exact) mass is 182 g/mol. The minimum atomic E-state index is -0.675. The first-order valence-electron chi connectivity index (χ1n) is 4.11. The van der Waals surface area contributed by atoms with Crippen LogP contribution in [-0.2, 0) is 4.79 Å². The van der Waals surface area contributed by atoms with Crippen molar-refractivity contribution in [1.29, 1.82) is 0 Å². The average molecular weight is 182 g/mol. The Labute approximate surface area is 76.0 Å². The first-order valence-corrected chi connectivity index (χ1v) is 4.11. The number of carbonyl (C=O) groups is 1. The summed E-state index contributed by atoms with van der Waals surface area (Å²) in [5.41, 5.74) is 0.642. The molecule has 0 saturated carbocycles. The summed E-state index contributed by atoms with van der Waals surface area (Å²) in [6.45, 7) is 0. The van der Waals surface area contributed by atoms with E-state index in [-0.39, 0.29) is 5.82 Å². The number of halogens is 1. The molecule has 1 N–H and O–H groups in total. The maximum absolute atomic E-state index is 12.5. The minimum absolute atomic E-state index is 0.318. The van der Waals surface area contributed by atoms with Crippen LogP contribution in [0.1, 0.15) is 24.5 Å². The van der Waals surface area contributed by atoms with Crippen molar-refractivity contribution in [3.05, 3.63) is 35.6 Å². The predicted molar refractivity (Wildman–Crippen MR) is 46.7 cm³/mol. The van der Waals surface area contributed by atoms with Crippen molar-refractivity contribution in [3.63, 3.8) is 0 Å². The van der Waals surface area contributed by atoms with Crippen molar-refractivity contribution < 1.29 is 14.3 Å². The molecule has 1 aromatic carbocycles. The summed E-state index contributed by atoms with van der Waals surface area (Å²) in [6, 6.07) is 5.62. The quantitative estimate of drug-likeness (QED) is 0.721. The van der Waals surface area contributed by atoms with E-state index in [9.17, 15) is 14.3 Å². The molecular weight excluding hydrogens is 171 g/mol. The van der Waals surface area contributed by atoms with E-state index in [1.165, 1.54) is 24.3 Å². The number of hydrogen-bond donors (Lipinski definition) is 1. The van der Waals surface area contributed by atoms with Gasteiger partial charge >= 0.3 is 0 Å². The number of carbonyl (C=O) groups excluding carboxylic acids is 1. The zero-order valence-electron chi connectivity index (χ0n) is 7.11. The van der Waals surface area contributed by atoms with Crippen LogP contribution in [0.4, 0.5) is 4.39 Å². The van der Waals surface area contributed by atoms with Crippen LogP contribution in [0, 0.1) is 5.82 Å². The van der Waals surface area contributed by atoms with Gasteiger partial charge in [0.15, 0.2) is 0 Å². The molecule has 0 aliphatic rings. The summed E-state index contributed by atoms with van der Waals surface area (Å²) in [5, 5.41) is 9.46. The molecule has 0 bridgehead atoms. The van der Waals surface area contributed by atoms with E-state index < -0.39 is 6.10 Å². The van der Waals surface area contributed by atoms with Gasteiger partial charge in [0, 0.05) is 6.42 Å². The molecule has 1 aromatic rings. The maximum Gasteiger partial charge on any atom is 0.123 e. The van der Waals surface area contributed by atoms with Gasteiger partial charge in [0.2, 0.25) is 0 Å². The van der Waals surface area contributed by atoms with Crippen LogP contribution in [0.3, 0.4) is 0 Å². The maximum atomic E-state index is 12.5. The largest absolute Gasteiger partial charge is 0.388 e. The number of aldehydes is 1. The molecule has 0 spiro atoms. The van der Waals surface area contributed by atoms with Gasteiger partial charge in [0.05, 0.1) is 6.10 Å². The van der Waals surface area contributed by atoms with Gasteiger partial charge in [-0.3, -0.25) is 0 Å². The number of aliphatic hydroxyl groups is 1. The second kappa shape index (κ2) is 4.72. The third kappa shape index (κ3) is 2.95. The van der Waals surface area contributed by atoms with Gasteiger partial charge in [-0.25, -0.2) is 4.39 Å². The molecule has 2 nitrogen and oxygen atoms in total. The van der Waals surface area contributed by atoms with Crippen molar-refractivity contribution in [2.24, 2.45) is 0 Å². The smallest absolute Gasteiger partial charge is 0.123 e.